The van der Waals surface area contributed by atoms with Crippen LogP contribution in [0.2, 0.25) is 0 Å². The summed E-state index contributed by atoms with van der Waals surface area (Å²) < 4.78 is 6.05. The number of pyridine rings is 1. The number of anilines is 2. The van der Waals surface area contributed by atoms with Crippen LogP contribution in [-0.2, 0) is 11.2 Å². The molecule has 4 rings (SSSR count). The van der Waals surface area contributed by atoms with E-state index in [1.165, 1.54) is 12.8 Å². The quantitative estimate of drug-likeness (QED) is 0.514. The highest BCUT2D eigenvalue weighted by atomic mass is 16.5. The zero-order valence-electron chi connectivity index (χ0n) is 17.9. The van der Waals surface area contributed by atoms with Crippen molar-refractivity contribution in [1.29, 1.82) is 0 Å². The van der Waals surface area contributed by atoms with Gasteiger partial charge in [-0.15, -0.1) is 0 Å². The standard InChI is InChI=1S/C26H27N3O3/c30-25(12-11-19-5-3-10-24(17-19)32-23-8-1-2-9-23)28-22-7-4-6-20(18-22)26(31)29-21-13-15-27-16-14-21/h3-7,10,13-18,23H,1-2,8-9,11-12H2,(H,28,30)(H,27,29,31). The van der Waals surface area contributed by atoms with E-state index in [-0.39, 0.29) is 11.8 Å². The van der Waals surface area contributed by atoms with E-state index >= 15 is 0 Å². The number of benzene rings is 2. The first-order valence-electron chi connectivity index (χ1n) is 11.0. The van der Waals surface area contributed by atoms with E-state index in [9.17, 15) is 9.59 Å². The van der Waals surface area contributed by atoms with Crippen LogP contribution < -0.4 is 15.4 Å². The van der Waals surface area contributed by atoms with Crippen LogP contribution in [0.3, 0.4) is 0 Å². The molecular formula is C26H27N3O3. The average molecular weight is 430 g/mol. The first-order valence-corrected chi connectivity index (χ1v) is 11.0. The Morgan fingerprint density at radius 3 is 2.50 bits per heavy atom. The van der Waals surface area contributed by atoms with Gasteiger partial charge in [-0.2, -0.15) is 0 Å². The van der Waals surface area contributed by atoms with Gasteiger partial charge in [-0.3, -0.25) is 14.6 Å². The summed E-state index contributed by atoms with van der Waals surface area (Å²) >= 11 is 0. The summed E-state index contributed by atoms with van der Waals surface area (Å²) in [6.45, 7) is 0. The molecule has 1 heterocycles. The third-order valence-corrected chi connectivity index (χ3v) is 5.49. The van der Waals surface area contributed by atoms with Gasteiger partial charge in [0.1, 0.15) is 5.75 Å². The lowest BCUT2D eigenvalue weighted by atomic mass is 10.1. The van der Waals surface area contributed by atoms with Gasteiger partial charge in [0, 0.05) is 35.8 Å². The number of amides is 2. The summed E-state index contributed by atoms with van der Waals surface area (Å²) in [5, 5.41) is 5.70. The number of nitrogens with zero attached hydrogens (tertiary/aromatic N) is 1. The van der Waals surface area contributed by atoms with Crippen molar-refractivity contribution < 1.29 is 14.3 Å². The third-order valence-electron chi connectivity index (χ3n) is 5.49. The smallest absolute Gasteiger partial charge is 0.255 e. The predicted octanol–water partition coefficient (Wildman–Crippen LogP) is 5.23. The number of ether oxygens (including phenoxy) is 1. The molecule has 0 unspecified atom stereocenters. The summed E-state index contributed by atoms with van der Waals surface area (Å²) in [5.74, 6) is 0.535. The van der Waals surface area contributed by atoms with Crippen LogP contribution in [0.1, 0.15) is 48.0 Å². The Morgan fingerprint density at radius 2 is 1.69 bits per heavy atom. The molecule has 0 atom stereocenters. The van der Waals surface area contributed by atoms with Gasteiger partial charge in [0.15, 0.2) is 0 Å². The van der Waals surface area contributed by atoms with Gasteiger partial charge in [-0.1, -0.05) is 18.2 Å². The van der Waals surface area contributed by atoms with E-state index in [0.717, 1.165) is 24.2 Å². The zero-order valence-corrected chi connectivity index (χ0v) is 17.9. The molecule has 1 aliphatic rings. The van der Waals surface area contributed by atoms with Crippen molar-refractivity contribution in [1.82, 2.24) is 4.98 Å². The third kappa shape index (κ3) is 6.17. The molecule has 1 aliphatic carbocycles. The van der Waals surface area contributed by atoms with Gasteiger partial charge in [0.2, 0.25) is 5.91 Å². The number of rotatable bonds is 8. The molecule has 0 aliphatic heterocycles. The second-order valence-electron chi connectivity index (χ2n) is 7.99. The van der Waals surface area contributed by atoms with Crippen molar-refractivity contribution in [2.45, 2.75) is 44.6 Å². The van der Waals surface area contributed by atoms with Crippen molar-refractivity contribution in [3.05, 3.63) is 84.2 Å². The molecule has 1 aromatic heterocycles. The van der Waals surface area contributed by atoms with Crippen LogP contribution in [0.4, 0.5) is 11.4 Å². The predicted molar refractivity (Wildman–Crippen MR) is 125 cm³/mol. The Balaban J connectivity index is 1.29. The lowest BCUT2D eigenvalue weighted by molar-refractivity contribution is -0.116. The van der Waals surface area contributed by atoms with Crippen LogP contribution in [0.5, 0.6) is 5.75 Å². The van der Waals surface area contributed by atoms with Crippen LogP contribution in [-0.4, -0.2) is 22.9 Å². The molecule has 3 aromatic rings. The van der Waals surface area contributed by atoms with E-state index in [0.29, 0.717) is 35.9 Å². The first-order chi connectivity index (χ1) is 15.7. The van der Waals surface area contributed by atoms with Gasteiger partial charge in [-0.05, 0) is 80.1 Å². The van der Waals surface area contributed by atoms with Gasteiger partial charge in [-0.25, -0.2) is 0 Å². The lowest BCUT2D eigenvalue weighted by Gasteiger charge is -2.14. The van der Waals surface area contributed by atoms with Crippen LogP contribution >= 0.6 is 0 Å². The van der Waals surface area contributed by atoms with Gasteiger partial charge >= 0.3 is 0 Å². The molecule has 164 valence electrons. The molecule has 2 amide bonds. The van der Waals surface area contributed by atoms with E-state index in [1.807, 2.05) is 24.3 Å². The molecule has 0 spiro atoms. The number of nitrogens with one attached hydrogen (secondary N) is 2. The molecule has 0 bridgehead atoms. The Morgan fingerprint density at radius 1 is 0.906 bits per heavy atom. The fourth-order valence-electron chi connectivity index (χ4n) is 3.83. The molecule has 6 nitrogen and oxygen atoms in total. The number of aromatic nitrogens is 1. The summed E-state index contributed by atoms with van der Waals surface area (Å²) in [5.41, 5.74) is 2.80. The minimum absolute atomic E-state index is 0.0983. The maximum atomic E-state index is 12.5. The van der Waals surface area contributed by atoms with E-state index < -0.39 is 0 Å². The topological polar surface area (TPSA) is 80.3 Å². The lowest BCUT2D eigenvalue weighted by Crippen LogP contribution is -2.15. The Bertz CT molecular complexity index is 1060. The van der Waals surface area contributed by atoms with Gasteiger partial charge in [0.05, 0.1) is 6.10 Å². The zero-order chi connectivity index (χ0) is 22.2. The number of hydrogen-bond acceptors (Lipinski definition) is 4. The Labute approximate surface area is 188 Å². The number of aryl methyl sites for hydroxylation is 1. The second kappa shape index (κ2) is 10.6. The molecule has 1 saturated carbocycles. The number of carbonyl (C=O) groups excluding carboxylic acids is 2. The van der Waals surface area contributed by atoms with Crippen molar-refractivity contribution in [3.8, 4) is 5.75 Å². The van der Waals surface area contributed by atoms with Crippen molar-refractivity contribution in [3.63, 3.8) is 0 Å². The van der Waals surface area contributed by atoms with Crippen LogP contribution in [0, 0.1) is 0 Å². The maximum Gasteiger partial charge on any atom is 0.255 e. The largest absolute Gasteiger partial charge is 0.490 e. The Hall–Kier alpha value is -3.67. The maximum absolute atomic E-state index is 12.5. The summed E-state index contributed by atoms with van der Waals surface area (Å²) in [4.78, 5) is 28.9. The molecule has 2 aromatic carbocycles. The minimum atomic E-state index is -0.244. The highest BCUT2D eigenvalue weighted by Gasteiger charge is 2.16. The minimum Gasteiger partial charge on any atom is -0.490 e. The molecule has 32 heavy (non-hydrogen) atoms. The molecule has 1 fully saturated rings. The van der Waals surface area contributed by atoms with Crippen molar-refractivity contribution in [2.24, 2.45) is 0 Å². The Kier molecular flexibility index (Phi) is 7.12. The number of carbonyl (C=O) groups is 2. The average Bonchev–Trinajstić information content (AvgIpc) is 3.32. The SMILES string of the molecule is O=C(CCc1cccc(OC2CCCC2)c1)Nc1cccc(C(=O)Nc2ccncc2)c1. The van der Waals surface area contributed by atoms with Gasteiger partial charge < -0.3 is 15.4 Å². The molecule has 2 N–H and O–H groups in total. The summed E-state index contributed by atoms with van der Waals surface area (Å²) in [6.07, 6.45) is 9.21. The van der Waals surface area contributed by atoms with Crippen molar-refractivity contribution in [2.75, 3.05) is 10.6 Å². The fraction of sp³-hybridized carbons (Fsp3) is 0.269. The van der Waals surface area contributed by atoms with Crippen LogP contribution in [0.15, 0.2) is 73.1 Å². The van der Waals surface area contributed by atoms with Crippen LogP contribution in [0.25, 0.3) is 0 Å². The van der Waals surface area contributed by atoms with E-state index in [2.05, 4.69) is 15.6 Å². The summed E-state index contributed by atoms with van der Waals surface area (Å²) in [6, 6.07) is 18.3. The molecule has 0 saturated heterocycles. The normalized spacial score (nSPS) is 13.5. The first kappa shape index (κ1) is 21.6. The van der Waals surface area contributed by atoms with Gasteiger partial charge in [0.25, 0.3) is 5.91 Å². The second-order valence-corrected chi connectivity index (χ2v) is 7.99. The highest BCUT2D eigenvalue weighted by molar-refractivity contribution is 6.05. The number of hydrogen-bond donors (Lipinski definition) is 2. The van der Waals surface area contributed by atoms with Crippen molar-refractivity contribution >= 4 is 23.2 Å². The molecular weight excluding hydrogens is 402 g/mol. The summed E-state index contributed by atoms with van der Waals surface area (Å²) in [7, 11) is 0. The monoisotopic (exact) mass is 429 g/mol. The highest BCUT2D eigenvalue weighted by Crippen LogP contribution is 2.25. The molecule has 6 heteroatoms. The molecule has 0 radical (unpaired) electrons. The van der Waals surface area contributed by atoms with E-state index in [4.69, 9.17) is 4.74 Å². The fourth-order valence-corrected chi connectivity index (χ4v) is 3.83. The van der Waals surface area contributed by atoms with E-state index in [1.54, 1.807) is 48.8 Å².